The topological polar surface area (TPSA) is 41.5 Å². The maximum absolute atomic E-state index is 9.60. The summed E-state index contributed by atoms with van der Waals surface area (Å²) in [6.45, 7) is 5.27. The molecule has 3 nitrogen and oxygen atoms in total. The number of nitrogens with one attached hydrogen (secondary N) is 1. The van der Waals surface area contributed by atoms with Crippen LogP contribution in [-0.2, 0) is 6.54 Å². The van der Waals surface area contributed by atoms with E-state index in [-0.39, 0.29) is 5.75 Å². The maximum Gasteiger partial charge on any atom is 0.161 e. The molecule has 3 heteroatoms. The molecule has 0 aliphatic carbocycles. The van der Waals surface area contributed by atoms with Crippen LogP contribution >= 0.6 is 0 Å². The number of rotatable bonds is 7. The van der Waals surface area contributed by atoms with Gasteiger partial charge >= 0.3 is 0 Å². The van der Waals surface area contributed by atoms with E-state index in [1.165, 1.54) is 0 Å². The van der Waals surface area contributed by atoms with Gasteiger partial charge in [0, 0.05) is 19.0 Å². The molecule has 0 aromatic heterocycles. The molecule has 0 amide bonds. The summed E-state index contributed by atoms with van der Waals surface area (Å²) >= 11 is 0. The zero-order valence-electron chi connectivity index (χ0n) is 11.1. The number of hydrogen-bond donors (Lipinski definition) is 2. The summed E-state index contributed by atoms with van der Waals surface area (Å²) in [6.07, 6.45) is 7.04. The van der Waals surface area contributed by atoms with E-state index in [9.17, 15) is 5.11 Å². The first-order chi connectivity index (χ1) is 8.71. The number of benzene rings is 1. The lowest BCUT2D eigenvalue weighted by atomic mass is 10.1. The highest BCUT2D eigenvalue weighted by Crippen LogP contribution is 2.26. The van der Waals surface area contributed by atoms with Crippen molar-refractivity contribution in [1.82, 2.24) is 5.32 Å². The van der Waals surface area contributed by atoms with Crippen LogP contribution in [0.15, 0.2) is 18.2 Å². The van der Waals surface area contributed by atoms with Gasteiger partial charge in [0.15, 0.2) is 11.5 Å². The van der Waals surface area contributed by atoms with Crippen LogP contribution in [0.4, 0.5) is 0 Å². The molecule has 0 bridgehead atoms. The van der Waals surface area contributed by atoms with Crippen LogP contribution in [0.5, 0.6) is 11.5 Å². The van der Waals surface area contributed by atoms with Crippen molar-refractivity contribution in [3.05, 3.63) is 23.8 Å². The Morgan fingerprint density at radius 1 is 1.44 bits per heavy atom. The van der Waals surface area contributed by atoms with E-state index in [0.29, 0.717) is 18.4 Å². The van der Waals surface area contributed by atoms with Gasteiger partial charge in [0.05, 0.1) is 6.61 Å². The molecule has 0 aliphatic rings. The minimum atomic E-state index is 0.177. The lowest BCUT2D eigenvalue weighted by Gasteiger charge is -2.15. The molecule has 18 heavy (non-hydrogen) atoms. The van der Waals surface area contributed by atoms with Crippen LogP contribution in [0.2, 0.25) is 0 Å². The maximum atomic E-state index is 9.60. The molecule has 1 atom stereocenters. The first-order valence-corrected chi connectivity index (χ1v) is 6.32. The molecular weight excluding hydrogens is 226 g/mol. The molecule has 0 radical (unpaired) electrons. The molecular formula is C15H21NO2. The summed E-state index contributed by atoms with van der Waals surface area (Å²) in [4.78, 5) is 0. The highest BCUT2D eigenvalue weighted by molar-refractivity contribution is 5.41. The summed E-state index contributed by atoms with van der Waals surface area (Å²) in [7, 11) is 0. The Labute approximate surface area is 109 Å². The molecule has 0 spiro atoms. The van der Waals surface area contributed by atoms with E-state index < -0.39 is 0 Å². The average Bonchev–Trinajstić information content (AvgIpc) is 2.38. The predicted octanol–water partition coefficient (Wildman–Crippen LogP) is 2.68. The van der Waals surface area contributed by atoms with Crippen LogP contribution in [0.1, 0.15) is 32.3 Å². The van der Waals surface area contributed by atoms with Crippen LogP contribution in [0.3, 0.4) is 0 Å². The lowest BCUT2D eigenvalue weighted by molar-refractivity contribution is 0.317. The normalized spacial score (nSPS) is 11.8. The van der Waals surface area contributed by atoms with Crippen molar-refractivity contribution in [1.29, 1.82) is 0 Å². The standard InChI is InChI=1S/C15H21NO2/c1-4-7-13(5-2)16-11-12-8-9-14(17)15(10-12)18-6-3/h1,8-10,13,16-17H,5-7,11H2,2-3H3. The van der Waals surface area contributed by atoms with Crippen molar-refractivity contribution >= 4 is 0 Å². The number of ether oxygens (including phenoxy) is 1. The molecule has 2 N–H and O–H groups in total. The molecule has 1 rings (SSSR count). The van der Waals surface area contributed by atoms with Crippen molar-refractivity contribution in [2.75, 3.05) is 6.61 Å². The Bertz CT molecular complexity index is 409. The Morgan fingerprint density at radius 2 is 2.22 bits per heavy atom. The van der Waals surface area contributed by atoms with Gasteiger partial charge in [-0.1, -0.05) is 13.0 Å². The predicted molar refractivity (Wildman–Crippen MR) is 73.6 cm³/mol. The van der Waals surface area contributed by atoms with E-state index in [2.05, 4.69) is 18.2 Å². The fourth-order valence-electron chi connectivity index (χ4n) is 1.70. The second-order valence-electron chi connectivity index (χ2n) is 4.13. The third kappa shape index (κ3) is 4.31. The van der Waals surface area contributed by atoms with Crippen LogP contribution in [0, 0.1) is 12.3 Å². The van der Waals surface area contributed by atoms with Gasteiger partial charge in [-0.3, -0.25) is 0 Å². The number of terminal acetylenes is 1. The van der Waals surface area contributed by atoms with Gasteiger partial charge in [0.25, 0.3) is 0 Å². The molecule has 1 unspecified atom stereocenters. The van der Waals surface area contributed by atoms with Crippen LogP contribution in [-0.4, -0.2) is 17.8 Å². The third-order valence-corrected chi connectivity index (χ3v) is 2.78. The quantitative estimate of drug-likeness (QED) is 0.728. The molecule has 0 aliphatic heterocycles. The van der Waals surface area contributed by atoms with Gasteiger partial charge in [0.2, 0.25) is 0 Å². The Morgan fingerprint density at radius 3 is 2.83 bits per heavy atom. The molecule has 1 aromatic carbocycles. The lowest BCUT2D eigenvalue weighted by Crippen LogP contribution is -2.27. The molecule has 0 heterocycles. The van der Waals surface area contributed by atoms with E-state index >= 15 is 0 Å². The smallest absolute Gasteiger partial charge is 0.161 e. The van der Waals surface area contributed by atoms with Crippen LogP contribution < -0.4 is 10.1 Å². The molecule has 1 aromatic rings. The second kappa shape index (κ2) is 7.62. The van der Waals surface area contributed by atoms with Gasteiger partial charge in [-0.2, -0.15) is 0 Å². The molecule has 0 saturated heterocycles. The number of hydrogen-bond acceptors (Lipinski definition) is 3. The van der Waals surface area contributed by atoms with Crippen molar-refractivity contribution in [2.45, 2.75) is 39.3 Å². The zero-order valence-corrected chi connectivity index (χ0v) is 11.1. The summed E-state index contributed by atoms with van der Waals surface area (Å²) < 4.78 is 5.35. The Kier molecular flexibility index (Phi) is 6.10. The first kappa shape index (κ1) is 14.4. The van der Waals surface area contributed by atoms with Gasteiger partial charge in [-0.15, -0.1) is 12.3 Å². The number of aromatic hydroxyl groups is 1. The number of phenols is 1. The van der Waals surface area contributed by atoms with Crippen molar-refractivity contribution in [3.63, 3.8) is 0 Å². The second-order valence-corrected chi connectivity index (χ2v) is 4.13. The average molecular weight is 247 g/mol. The monoisotopic (exact) mass is 247 g/mol. The van der Waals surface area contributed by atoms with Crippen molar-refractivity contribution in [3.8, 4) is 23.8 Å². The number of phenolic OH excluding ortho intramolecular Hbond substituents is 1. The van der Waals surface area contributed by atoms with E-state index in [4.69, 9.17) is 11.2 Å². The summed E-state index contributed by atoms with van der Waals surface area (Å²) in [5.41, 5.74) is 1.08. The fraction of sp³-hybridized carbons (Fsp3) is 0.467. The van der Waals surface area contributed by atoms with Crippen molar-refractivity contribution in [2.24, 2.45) is 0 Å². The summed E-state index contributed by atoms with van der Waals surface area (Å²) in [5, 5.41) is 13.0. The van der Waals surface area contributed by atoms with E-state index in [0.717, 1.165) is 24.9 Å². The van der Waals surface area contributed by atoms with Crippen molar-refractivity contribution < 1.29 is 9.84 Å². The minimum Gasteiger partial charge on any atom is -0.504 e. The van der Waals surface area contributed by atoms with E-state index in [1.807, 2.05) is 19.1 Å². The summed E-state index contributed by atoms with van der Waals surface area (Å²) in [6, 6.07) is 5.73. The molecule has 0 fully saturated rings. The highest BCUT2D eigenvalue weighted by atomic mass is 16.5. The fourth-order valence-corrected chi connectivity index (χ4v) is 1.70. The third-order valence-electron chi connectivity index (χ3n) is 2.78. The van der Waals surface area contributed by atoms with E-state index in [1.54, 1.807) is 6.07 Å². The minimum absolute atomic E-state index is 0.177. The van der Waals surface area contributed by atoms with Gasteiger partial charge in [0.1, 0.15) is 0 Å². The largest absolute Gasteiger partial charge is 0.504 e. The molecule has 98 valence electrons. The van der Waals surface area contributed by atoms with Gasteiger partial charge < -0.3 is 15.2 Å². The molecule has 0 saturated carbocycles. The van der Waals surface area contributed by atoms with Gasteiger partial charge in [-0.05, 0) is 31.0 Å². The summed E-state index contributed by atoms with van der Waals surface area (Å²) in [5.74, 6) is 3.38. The highest BCUT2D eigenvalue weighted by Gasteiger charge is 2.06. The SMILES string of the molecule is C#CCC(CC)NCc1ccc(O)c(OCC)c1. The van der Waals surface area contributed by atoms with Crippen LogP contribution in [0.25, 0.3) is 0 Å². The first-order valence-electron chi connectivity index (χ1n) is 6.32. The Balaban J connectivity index is 2.62. The van der Waals surface area contributed by atoms with Gasteiger partial charge in [-0.25, -0.2) is 0 Å². The Hall–Kier alpha value is -1.66. The zero-order chi connectivity index (χ0) is 13.4.